The van der Waals surface area contributed by atoms with E-state index in [0.717, 1.165) is 28.0 Å². The highest BCUT2D eigenvalue weighted by molar-refractivity contribution is 7.89. The van der Waals surface area contributed by atoms with Crippen molar-refractivity contribution in [2.24, 2.45) is 0 Å². The van der Waals surface area contributed by atoms with Crippen LogP contribution < -0.4 is 9.62 Å². The van der Waals surface area contributed by atoms with Gasteiger partial charge in [-0.1, -0.05) is 0 Å². The van der Waals surface area contributed by atoms with Gasteiger partial charge in [0, 0.05) is 49.6 Å². The molecule has 0 bridgehead atoms. The number of aliphatic carboxylic acids is 1. The molecular formula is C22H26N4O4S. The number of anilines is 1. The van der Waals surface area contributed by atoms with E-state index >= 15 is 0 Å². The van der Waals surface area contributed by atoms with E-state index in [2.05, 4.69) is 9.71 Å². The number of fused-ring (bicyclic) bond motifs is 3. The number of pyridine rings is 1. The first-order valence-corrected chi connectivity index (χ1v) is 11.7. The van der Waals surface area contributed by atoms with Gasteiger partial charge < -0.3 is 14.6 Å². The summed E-state index contributed by atoms with van der Waals surface area (Å²) in [5, 5.41) is 10.1. The number of carboxylic acid groups (broad SMARTS) is 1. The smallest absolute Gasteiger partial charge is 0.305 e. The highest BCUT2D eigenvalue weighted by Gasteiger charge is 2.29. The number of hydrogen-bond acceptors (Lipinski definition) is 5. The third-order valence-electron chi connectivity index (χ3n) is 5.76. The number of carboxylic acids is 1. The second-order valence-electron chi connectivity index (χ2n) is 8.04. The van der Waals surface area contributed by atoms with Crippen molar-refractivity contribution in [1.29, 1.82) is 0 Å². The molecule has 1 unspecified atom stereocenters. The molecule has 1 aromatic carbocycles. The summed E-state index contributed by atoms with van der Waals surface area (Å²) in [5.41, 5.74) is 3.80. The summed E-state index contributed by atoms with van der Waals surface area (Å²) in [4.78, 5) is 17.7. The Hall–Kier alpha value is -2.91. The van der Waals surface area contributed by atoms with Crippen molar-refractivity contribution >= 4 is 32.7 Å². The molecule has 4 rings (SSSR count). The lowest BCUT2D eigenvalue weighted by atomic mass is 9.92. The van der Waals surface area contributed by atoms with Crippen molar-refractivity contribution in [1.82, 2.24) is 14.3 Å². The molecule has 2 N–H and O–H groups in total. The molecule has 31 heavy (non-hydrogen) atoms. The monoisotopic (exact) mass is 442 g/mol. The van der Waals surface area contributed by atoms with Gasteiger partial charge in [0.05, 0.1) is 11.3 Å². The number of carbonyl (C=O) groups is 1. The molecule has 0 saturated carbocycles. The van der Waals surface area contributed by atoms with Gasteiger partial charge >= 0.3 is 5.97 Å². The number of hydrogen-bond donors (Lipinski definition) is 2. The lowest BCUT2D eigenvalue weighted by Gasteiger charge is -2.25. The van der Waals surface area contributed by atoms with E-state index in [1.807, 2.05) is 35.7 Å². The van der Waals surface area contributed by atoms with Gasteiger partial charge in [0.1, 0.15) is 5.65 Å². The molecule has 0 fully saturated rings. The Kier molecular flexibility index (Phi) is 5.72. The molecule has 1 atom stereocenters. The summed E-state index contributed by atoms with van der Waals surface area (Å²) < 4.78 is 30.7. The normalized spacial score (nSPS) is 16.3. The fourth-order valence-corrected chi connectivity index (χ4v) is 5.50. The molecule has 1 aliphatic carbocycles. The van der Waals surface area contributed by atoms with E-state index < -0.39 is 16.0 Å². The molecule has 0 amide bonds. The Bertz CT molecular complexity index is 1220. The summed E-state index contributed by atoms with van der Waals surface area (Å²) in [6.45, 7) is 0.354. The second kappa shape index (κ2) is 8.32. The van der Waals surface area contributed by atoms with Gasteiger partial charge in [-0.25, -0.2) is 18.1 Å². The summed E-state index contributed by atoms with van der Waals surface area (Å²) in [5.74, 6) is -0.853. The molecule has 0 saturated heterocycles. The Morgan fingerprint density at radius 1 is 1.26 bits per heavy atom. The van der Waals surface area contributed by atoms with Crippen LogP contribution >= 0.6 is 0 Å². The Morgan fingerprint density at radius 2 is 2.00 bits per heavy atom. The topological polar surface area (TPSA) is 105 Å². The van der Waals surface area contributed by atoms with Gasteiger partial charge in [-0.05, 0) is 61.2 Å². The largest absolute Gasteiger partial charge is 0.481 e. The lowest BCUT2D eigenvalue weighted by Crippen LogP contribution is -2.39. The van der Waals surface area contributed by atoms with Crippen LogP contribution in [0.3, 0.4) is 0 Å². The number of nitrogens with one attached hydrogen (secondary N) is 1. The summed E-state index contributed by atoms with van der Waals surface area (Å²) in [6, 6.07) is 10.4. The van der Waals surface area contributed by atoms with Crippen LogP contribution in [0.25, 0.3) is 11.0 Å². The second-order valence-corrected chi connectivity index (χ2v) is 9.76. The predicted molar refractivity (Wildman–Crippen MR) is 119 cm³/mol. The summed E-state index contributed by atoms with van der Waals surface area (Å²) in [7, 11) is 0.170. The molecule has 8 nitrogen and oxygen atoms in total. The van der Waals surface area contributed by atoms with Crippen LogP contribution in [0.15, 0.2) is 47.5 Å². The summed E-state index contributed by atoms with van der Waals surface area (Å²) in [6.07, 6.45) is 3.57. The van der Waals surface area contributed by atoms with Gasteiger partial charge in [-0.2, -0.15) is 0 Å². The number of nitrogens with zero attached hydrogens (tertiary/aromatic N) is 3. The number of aryl methyl sites for hydroxylation is 1. The third kappa shape index (κ3) is 4.28. The van der Waals surface area contributed by atoms with E-state index in [4.69, 9.17) is 5.11 Å². The van der Waals surface area contributed by atoms with Crippen LogP contribution in [0.1, 0.15) is 24.1 Å². The van der Waals surface area contributed by atoms with Crippen LogP contribution in [0, 0.1) is 0 Å². The quantitative estimate of drug-likeness (QED) is 0.582. The Balaban J connectivity index is 1.59. The van der Waals surface area contributed by atoms with Crippen LogP contribution in [0.2, 0.25) is 0 Å². The third-order valence-corrected chi connectivity index (χ3v) is 7.29. The van der Waals surface area contributed by atoms with Gasteiger partial charge in [0.2, 0.25) is 10.0 Å². The maximum absolute atomic E-state index is 12.9. The van der Waals surface area contributed by atoms with Gasteiger partial charge in [0.25, 0.3) is 0 Å². The number of rotatable bonds is 7. The SMILES string of the molecule is CN(C)c1ccc(S(=O)(=O)NC2CCc3c(c4cccnc4n3CCC(=O)O)C2)cc1. The molecule has 9 heteroatoms. The van der Waals surface area contributed by atoms with Crippen LogP contribution in [-0.2, 0) is 34.2 Å². The molecule has 1 aliphatic rings. The molecule has 0 spiro atoms. The minimum absolute atomic E-state index is 0.0196. The first-order valence-electron chi connectivity index (χ1n) is 10.2. The van der Waals surface area contributed by atoms with E-state index in [0.29, 0.717) is 25.8 Å². The zero-order chi connectivity index (χ0) is 22.2. The lowest BCUT2D eigenvalue weighted by molar-refractivity contribution is -0.137. The molecule has 164 valence electrons. The average Bonchev–Trinajstić information content (AvgIpc) is 3.05. The fraction of sp³-hybridized carbons (Fsp3) is 0.364. The van der Waals surface area contributed by atoms with Crippen molar-refractivity contribution in [2.45, 2.75) is 43.2 Å². The molecule has 3 aromatic rings. The number of aromatic nitrogens is 2. The van der Waals surface area contributed by atoms with E-state index in [1.54, 1.807) is 30.5 Å². The standard InChI is InChI=1S/C22H26N4O4S/c1-25(2)16-6-8-17(9-7-16)31(29,30)24-15-5-10-20-19(14-15)18-4-3-12-23-22(18)26(20)13-11-21(27)28/h3-4,6-9,12,15,24H,5,10-11,13-14H2,1-2H3,(H,27,28). The average molecular weight is 443 g/mol. The maximum atomic E-state index is 12.9. The minimum Gasteiger partial charge on any atom is -0.481 e. The van der Waals surface area contributed by atoms with E-state index in [-0.39, 0.29) is 17.4 Å². The van der Waals surface area contributed by atoms with Crippen LogP contribution in [-0.4, -0.2) is 49.2 Å². The fourth-order valence-electron chi connectivity index (χ4n) is 4.23. The van der Waals surface area contributed by atoms with Gasteiger partial charge in [-0.3, -0.25) is 4.79 Å². The Morgan fingerprint density at radius 3 is 2.68 bits per heavy atom. The van der Waals surface area contributed by atoms with Crippen LogP contribution in [0.4, 0.5) is 5.69 Å². The van der Waals surface area contributed by atoms with Crippen molar-refractivity contribution in [3.05, 3.63) is 53.9 Å². The first kappa shape index (κ1) is 21.3. The highest BCUT2D eigenvalue weighted by Crippen LogP contribution is 2.32. The van der Waals surface area contributed by atoms with Crippen molar-refractivity contribution < 1.29 is 18.3 Å². The molecule has 0 aliphatic heterocycles. The summed E-state index contributed by atoms with van der Waals surface area (Å²) >= 11 is 0. The van der Waals surface area contributed by atoms with E-state index in [1.165, 1.54) is 0 Å². The predicted octanol–water partition coefficient (Wildman–Crippen LogP) is 2.41. The van der Waals surface area contributed by atoms with Crippen molar-refractivity contribution in [3.8, 4) is 0 Å². The highest BCUT2D eigenvalue weighted by atomic mass is 32.2. The van der Waals surface area contributed by atoms with Crippen LogP contribution in [0.5, 0.6) is 0 Å². The molecule has 2 heterocycles. The molecular weight excluding hydrogens is 416 g/mol. The zero-order valence-electron chi connectivity index (χ0n) is 17.6. The number of benzene rings is 1. The minimum atomic E-state index is -3.64. The van der Waals surface area contributed by atoms with Crippen molar-refractivity contribution in [3.63, 3.8) is 0 Å². The zero-order valence-corrected chi connectivity index (χ0v) is 18.4. The number of sulfonamides is 1. The van der Waals surface area contributed by atoms with Gasteiger partial charge in [0.15, 0.2) is 0 Å². The van der Waals surface area contributed by atoms with Gasteiger partial charge in [-0.15, -0.1) is 0 Å². The molecule has 0 radical (unpaired) electrons. The first-order chi connectivity index (χ1) is 14.8. The molecule has 2 aromatic heterocycles. The van der Waals surface area contributed by atoms with E-state index in [9.17, 15) is 13.2 Å². The Labute approximate surface area is 181 Å². The van der Waals surface area contributed by atoms with Crippen molar-refractivity contribution in [2.75, 3.05) is 19.0 Å². The maximum Gasteiger partial charge on any atom is 0.305 e.